The summed E-state index contributed by atoms with van der Waals surface area (Å²) in [6.45, 7) is 3.89. The molecule has 20 heavy (non-hydrogen) atoms. The van der Waals surface area contributed by atoms with Crippen LogP contribution in [0.1, 0.15) is 34.2 Å². The summed E-state index contributed by atoms with van der Waals surface area (Å²) in [5.74, 6) is -0.0980. The van der Waals surface area contributed by atoms with Gasteiger partial charge in [0.25, 0.3) is 0 Å². The fraction of sp³-hybridized carbons (Fsp3) is 0.250. The van der Waals surface area contributed by atoms with Gasteiger partial charge in [-0.05, 0) is 19.1 Å². The largest absolute Gasteiger partial charge is 0.351 e. The molecule has 2 aromatic rings. The number of ketones is 1. The molecule has 0 unspecified atom stereocenters. The highest BCUT2D eigenvalue weighted by molar-refractivity contribution is 6.08. The summed E-state index contributed by atoms with van der Waals surface area (Å²) in [6.07, 6.45) is 0. The van der Waals surface area contributed by atoms with E-state index >= 15 is 0 Å². The molecule has 4 nitrogen and oxygen atoms in total. The molecule has 1 amide bonds. The van der Waals surface area contributed by atoms with Crippen molar-refractivity contribution in [1.82, 2.24) is 9.88 Å². The smallest absolute Gasteiger partial charge is 0.217 e. The zero-order valence-corrected chi connectivity index (χ0v) is 11.9. The fourth-order valence-electron chi connectivity index (χ4n) is 2.03. The second kappa shape index (κ2) is 5.74. The van der Waals surface area contributed by atoms with E-state index < -0.39 is 0 Å². The highest BCUT2D eigenvalue weighted by atomic mass is 16.1. The van der Waals surface area contributed by atoms with Crippen molar-refractivity contribution in [1.29, 1.82) is 0 Å². The summed E-state index contributed by atoms with van der Waals surface area (Å²) in [6, 6.07) is 11.2. The van der Waals surface area contributed by atoms with E-state index in [2.05, 4.69) is 5.32 Å². The highest BCUT2D eigenvalue weighted by Crippen LogP contribution is 2.14. The van der Waals surface area contributed by atoms with Crippen molar-refractivity contribution in [3.63, 3.8) is 0 Å². The van der Waals surface area contributed by atoms with Crippen molar-refractivity contribution in [3.05, 3.63) is 58.9 Å². The molecular formula is C16H18N2O2. The summed E-state index contributed by atoms with van der Waals surface area (Å²) in [7, 11) is 1.83. The third-order valence-electron chi connectivity index (χ3n) is 3.29. The Morgan fingerprint density at radius 3 is 2.35 bits per heavy atom. The van der Waals surface area contributed by atoms with Gasteiger partial charge in [-0.1, -0.05) is 29.8 Å². The highest BCUT2D eigenvalue weighted by Gasteiger charge is 2.14. The lowest BCUT2D eigenvalue weighted by molar-refractivity contribution is -0.119. The molecule has 4 heteroatoms. The molecule has 1 N–H and O–H groups in total. The summed E-state index contributed by atoms with van der Waals surface area (Å²) in [4.78, 5) is 23.4. The summed E-state index contributed by atoms with van der Waals surface area (Å²) in [5.41, 5.74) is 3.31. The monoisotopic (exact) mass is 270 g/mol. The number of amides is 1. The number of carbonyl (C=O) groups is 2. The van der Waals surface area contributed by atoms with E-state index in [4.69, 9.17) is 0 Å². The van der Waals surface area contributed by atoms with Gasteiger partial charge in [0.2, 0.25) is 11.7 Å². The lowest BCUT2D eigenvalue weighted by atomic mass is 10.1. The minimum atomic E-state index is -0.0855. The molecule has 0 aliphatic heterocycles. The number of benzene rings is 1. The molecule has 0 aliphatic carbocycles. The molecular weight excluding hydrogens is 252 g/mol. The van der Waals surface area contributed by atoms with Crippen molar-refractivity contribution >= 4 is 11.7 Å². The summed E-state index contributed by atoms with van der Waals surface area (Å²) in [5, 5.41) is 2.73. The Morgan fingerprint density at radius 1 is 1.10 bits per heavy atom. The fourth-order valence-corrected chi connectivity index (χ4v) is 2.03. The quantitative estimate of drug-likeness (QED) is 0.866. The standard InChI is InChI=1S/C16H18N2O2/c1-11-4-6-13(7-5-11)16(20)15-9-8-14(18(15)3)10-17-12(2)19/h4-9H,10H2,1-3H3,(H,17,19). The summed E-state index contributed by atoms with van der Waals surface area (Å²) >= 11 is 0. The van der Waals surface area contributed by atoms with Crippen molar-refractivity contribution < 1.29 is 9.59 Å². The van der Waals surface area contributed by atoms with E-state index in [1.807, 2.05) is 48.9 Å². The van der Waals surface area contributed by atoms with Crippen LogP contribution in [0.5, 0.6) is 0 Å². The Kier molecular flexibility index (Phi) is 4.03. The Balaban J connectivity index is 2.22. The normalized spacial score (nSPS) is 10.3. The predicted molar refractivity (Wildman–Crippen MR) is 77.5 cm³/mol. The molecule has 0 fully saturated rings. The van der Waals surface area contributed by atoms with Crippen molar-refractivity contribution in [2.75, 3.05) is 0 Å². The minimum Gasteiger partial charge on any atom is -0.351 e. The second-order valence-electron chi connectivity index (χ2n) is 4.87. The van der Waals surface area contributed by atoms with Crippen molar-refractivity contribution in [2.45, 2.75) is 20.4 Å². The number of nitrogens with zero attached hydrogens (tertiary/aromatic N) is 1. The number of hydrogen-bond donors (Lipinski definition) is 1. The van der Waals surface area contributed by atoms with Crippen LogP contribution in [0.25, 0.3) is 0 Å². The Morgan fingerprint density at radius 2 is 1.75 bits per heavy atom. The average Bonchev–Trinajstić information content (AvgIpc) is 2.78. The maximum absolute atomic E-state index is 12.4. The van der Waals surface area contributed by atoms with Crippen LogP contribution in [0.4, 0.5) is 0 Å². The zero-order chi connectivity index (χ0) is 14.7. The molecule has 1 aromatic carbocycles. The van der Waals surface area contributed by atoms with Crippen LogP contribution >= 0.6 is 0 Å². The first-order valence-corrected chi connectivity index (χ1v) is 6.49. The maximum Gasteiger partial charge on any atom is 0.217 e. The number of carbonyl (C=O) groups excluding carboxylic acids is 2. The molecule has 1 heterocycles. The Labute approximate surface area is 118 Å². The third kappa shape index (κ3) is 2.96. The first kappa shape index (κ1) is 14.1. The van der Waals surface area contributed by atoms with E-state index in [1.165, 1.54) is 6.92 Å². The van der Waals surface area contributed by atoms with E-state index in [0.29, 0.717) is 17.8 Å². The lowest BCUT2D eigenvalue weighted by Gasteiger charge is -2.08. The molecule has 1 aromatic heterocycles. The van der Waals surface area contributed by atoms with Gasteiger partial charge in [0.15, 0.2) is 0 Å². The zero-order valence-electron chi connectivity index (χ0n) is 11.9. The van der Waals surface area contributed by atoms with Gasteiger partial charge >= 0.3 is 0 Å². The van der Waals surface area contributed by atoms with E-state index in [0.717, 1.165) is 11.3 Å². The molecule has 0 bridgehead atoms. The van der Waals surface area contributed by atoms with Gasteiger partial charge in [-0.3, -0.25) is 9.59 Å². The predicted octanol–water partition coefficient (Wildman–Crippen LogP) is 2.20. The maximum atomic E-state index is 12.4. The number of hydrogen-bond acceptors (Lipinski definition) is 2. The van der Waals surface area contributed by atoms with Crippen LogP contribution in [0.2, 0.25) is 0 Å². The molecule has 0 saturated carbocycles. The van der Waals surface area contributed by atoms with Crippen molar-refractivity contribution in [3.8, 4) is 0 Å². The lowest BCUT2D eigenvalue weighted by Crippen LogP contribution is -2.21. The van der Waals surface area contributed by atoms with Crippen molar-refractivity contribution in [2.24, 2.45) is 7.05 Å². The van der Waals surface area contributed by atoms with Gasteiger partial charge in [0.05, 0.1) is 12.2 Å². The minimum absolute atomic E-state index is 0.0124. The van der Waals surface area contributed by atoms with Gasteiger partial charge in [-0.15, -0.1) is 0 Å². The van der Waals surface area contributed by atoms with Gasteiger partial charge in [-0.2, -0.15) is 0 Å². The van der Waals surface area contributed by atoms with Crippen LogP contribution in [-0.4, -0.2) is 16.3 Å². The van der Waals surface area contributed by atoms with E-state index in [9.17, 15) is 9.59 Å². The Hall–Kier alpha value is -2.36. The van der Waals surface area contributed by atoms with Gasteiger partial charge in [0, 0.05) is 25.2 Å². The second-order valence-corrected chi connectivity index (χ2v) is 4.87. The number of aryl methyl sites for hydroxylation is 1. The van der Waals surface area contributed by atoms with Crippen LogP contribution in [0, 0.1) is 6.92 Å². The number of rotatable bonds is 4. The average molecular weight is 270 g/mol. The SMILES string of the molecule is CC(=O)NCc1ccc(C(=O)c2ccc(C)cc2)n1C. The molecule has 104 valence electrons. The molecule has 0 atom stereocenters. The van der Waals surface area contributed by atoms with Crippen LogP contribution < -0.4 is 5.32 Å². The third-order valence-corrected chi connectivity index (χ3v) is 3.29. The molecule has 0 aliphatic rings. The first-order chi connectivity index (χ1) is 9.49. The molecule has 2 rings (SSSR count). The number of aromatic nitrogens is 1. The van der Waals surface area contributed by atoms with Crippen LogP contribution in [-0.2, 0) is 18.4 Å². The molecule has 0 spiro atoms. The van der Waals surface area contributed by atoms with Gasteiger partial charge < -0.3 is 9.88 Å². The van der Waals surface area contributed by atoms with Crippen LogP contribution in [0.15, 0.2) is 36.4 Å². The van der Waals surface area contributed by atoms with Gasteiger partial charge in [-0.25, -0.2) is 0 Å². The molecule has 0 radical (unpaired) electrons. The van der Waals surface area contributed by atoms with Crippen LogP contribution in [0.3, 0.4) is 0 Å². The van der Waals surface area contributed by atoms with E-state index in [-0.39, 0.29) is 11.7 Å². The Bertz CT molecular complexity index is 639. The summed E-state index contributed by atoms with van der Waals surface area (Å²) < 4.78 is 1.82. The first-order valence-electron chi connectivity index (χ1n) is 6.49. The topological polar surface area (TPSA) is 51.1 Å². The van der Waals surface area contributed by atoms with Gasteiger partial charge in [0.1, 0.15) is 0 Å². The van der Waals surface area contributed by atoms with E-state index in [1.54, 1.807) is 6.07 Å². The molecule has 0 saturated heterocycles. The number of nitrogens with one attached hydrogen (secondary N) is 1.